The normalized spacial score (nSPS) is 20.3. The Morgan fingerprint density at radius 3 is 2.61 bits per heavy atom. The average Bonchev–Trinajstić information content (AvgIpc) is 3.27. The van der Waals surface area contributed by atoms with Crippen LogP contribution in [-0.4, -0.2) is 61.2 Å². The lowest BCUT2D eigenvalue weighted by molar-refractivity contribution is 0.0853. The molecule has 6 nitrogen and oxygen atoms in total. The van der Waals surface area contributed by atoms with E-state index in [1.807, 2.05) is 18.3 Å². The molecule has 2 saturated heterocycles. The number of nitrogens with one attached hydrogen (secondary N) is 1. The van der Waals surface area contributed by atoms with Gasteiger partial charge in [0.05, 0.1) is 18.0 Å². The standard InChI is InChI=1S/C22H28N4O2/c27-22(24-16-20-7-4-14-28-20)21-9-8-19(15-23-21)26-12-10-25(11-13-26)17-18-5-2-1-3-6-18/h1-3,5-6,8-9,15,20H,4,7,10-14,16-17H2,(H,24,27). The quantitative estimate of drug-likeness (QED) is 0.833. The molecule has 0 aliphatic carbocycles. The molecule has 1 amide bonds. The molecule has 148 valence electrons. The molecule has 6 heteroatoms. The summed E-state index contributed by atoms with van der Waals surface area (Å²) in [6.07, 6.45) is 4.05. The first-order chi connectivity index (χ1) is 13.8. The Hall–Kier alpha value is -2.44. The van der Waals surface area contributed by atoms with Crippen LogP contribution < -0.4 is 10.2 Å². The summed E-state index contributed by atoms with van der Waals surface area (Å²) in [4.78, 5) is 21.4. The van der Waals surface area contributed by atoms with E-state index in [9.17, 15) is 4.79 Å². The summed E-state index contributed by atoms with van der Waals surface area (Å²) >= 11 is 0. The lowest BCUT2D eigenvalue weighted by Gasteiger charge is -2.36. The van der Waals surface area contributed by atoms with Gasteiger partial charge in [0, 0.05) is 45.9 Å². The van der Waals surface area contributed by atoms with Gasteiger partial charge in [-0.2, -0.15) is 0 Å². The van der Waals surface area contributed by atoms with Crippen LogP contribution in [0.1, 0.15) is 28.9 Å². The van der Waals surface area contributed by atoms with E-state index in [1.54, 1.807) is 0 Å². The largest absolute Gasteiger partial charge is 0.376 e. The molecule has 2 aliphatic heterocycles. The number of carbonyl (C=O) groups excluding carboxylic acids is 1. The first-order valence-corrected chi connectivity index (χ1v) is 10.1. The minimum Gasteiger partial charge on any atom is -0.376 e. The first-order valence-electron chi connectivity index (χ1n) is 10.1. The SMILES string of the molecule is O=C(NCC1CCCO1)c1ccc(N2CCN(Cc3ccccc3)CC2)cn1. The van der Waals surface area contributed by atoms with E-state index in [-0.39, 0.29) is 12.0 Å². The summed E-state index contributed by atoms with van der Waals surface area (Å²) in [7, 11) is 0. The maximum atomic E-state index is 12.3. The highest BCUT2D eigenvalue weighted by molar-refractivity contribution is 5.92. The van der Waals surface area contributed by atoms with Gasteiger partial charge in [0.25, 0.3) is 5.91 Å². The van der Waals surface area contributed by atoms with Gasteiger partial charge in [-0.1, -0.05) is 30.3 Å². The summed E-state index contributed by atoms with van der Waals surface area (Å²) in [5.74, 6) is -0.130. The van der Waals surface area contributed by atoms with Crippen LogP contribution in [0, 0.1) is 0 Å². The number of nitrogens with zero attached hydrogens (tertiary/aromatic N) is 3. The number of hydrogen-bond acceptors (Lipinski definition) is 5. The summed E-state index contributed by atoms with van der Waals surface area (Å²) < 4.78 is 5.54. The van der Waals surface area contributed by atoms with Crippen molar-refractivity contribution in [3.63, 3.8) is 0 Å². The van der Waals surface area contributed by atoms with Gasteiger partial charge in [-0.3, -0.25) is 9.69 Å². The Morgan fingerprint density at radius 1 is 1.11 bits per heavy atom. The third kappa shape index (κ3) is 4.88. The van der Waals surface area contributed by atoms with Gasteiger partial charge in [-0.05, 0) is 30.5 Å². The molecule has 0 radical (unpaired) electrons. The summed E-state index contributed by atoms with van der Waals surface area (Å²) in [5.41, 5.74) is 2.90. The number of benzene rings is 1. The van der Waals surface area contributed by atoms with Crippen molar-refractivity contribution < 1.29 is 9.53 Å². The van der Waals surface area contributed by atoms with Gasteiger partial charge in [0.2, 0.25) is 0 Å². The molecule has 1 N–H and O–H groups in total. The zero-order valence-electron chi connectivity index (χ0n) is 16.2. The third-order valence-electron chi connectivity index (χ3n) is 5.48. The van der Waals surface area contributed by atoms with E-state index in [2.05, 4.69) is 50.4 Å². The molecular weight excluding hydrogens is 352 g/mol. The van der Waals surface area contributed by atoms with Crippen molar-refractivity contribution in [2.24, 2.45) is 0 Å². The first kappa shape index (κ1) is 18.9. The van der Waals surface area contributed by atoms with Crippen molar-refractivity contribution in [2.75, 3.05) is 44.2 Å². The van der Waals surface area contributed by atoms with Gasteiger partial charge < -0.3 is 15.0 Å². The Bertz CT molecular complexity index is 752. The number of ether oxygens (including phenoxy) is 1. The smallest absolute Gasteiger partial charge is 0.269 e. The number of piperazine rings is 1. The highest BCUT2D eigenvalue weighted by Gasteiger charge is 2.19. The molecular formula is C22H28N4O2. The van der Waals surface area contributed by atoms with Crippen molar-refractivity contribution >= 4 is 11.6 Å². The lowest BCUT2D eigenvalue weighted by atomic mass is 10.2. The van der Waals surface area contributed by atoms with E-state index in [0.29, 0.717) is 12.2 Å². The molecule has 3 heterocycles. The van der Waals surface area contributed by atoms with Gasteiger partial charge in [0.15, 0.2) is 0 Å². The van der Waals surface area contributed by atoms with Crippen LogP contribution in [0.4, 0.5) is 5.69 Å². The molecule has 1 aromatic carbocycles. The van der Waals surface area contributed by atoms with Crippen LogP contribution in [0.25, 0.3) is 0 Å². The summed E-state index contributed by atoms with van der Waals surface area (Å²) in [6, 6.07) is 14.4. The van der Waals surface area contributed by atoms with Gasteiger partial charge >= 0.3 is 0 Å². The van der Waals surface area contributed by atoms with Crippen LogP contribution in [0.2, 0.25) is 0 Å². The van der Waals surface area contributed by atoms with E-state index in [4.69, 9.17) is 4.74 Å². The molecule has 0 bridgehead atoms. The fourth-order valence-electron chi connectivity index (χ4n) is 3.82. The second-order valence-electron chi connectivity index (χ2n) is 7.50. The number of anilines is 1. The lowest BCUT2D eigenvalue weighted by Crippen LogP contribution is -2.46. The Kier molecular flexibility index (Phi) is 6.19. The summed E-state index contributed by atoms with van der Waals surface area (Å²) in [5, 5.41) is 2.92. The maximum Gasteiger partial charge on any atom is 0.269 e. The Labute approximate surface area is 166 Å². The van der Waals surface area contributed by atoms with Crippen LogP contribution in [-0.2, 0) is 11.3 Å². The van der Waals surface area contributed by atoms with Crippen LogP contribution in [0.3, 0.4) is 0 Å². The number of rotatable bonds is 6. The molecule has 1 unspecified atom stereocenters. The second kappa shape index (κ2) is 9.17. The molecule has 2 aliphatic rings. The molecule has 1 aromatic heterocycles. The molecule has 4 rings (SSSR count). The Balaban J connectivity index is 1.25. The van der Waals surface area contributed by atoms with Crippen molar-refractivity contribution in [3.8, 4) is 0 Å². The van der Waals surface area contributed by atoms with E-state index in [0.717, 1.165) is 57.9 Å². The van der Waals surface area contributed by atoms with Crippen LogP contribution in [0.15, 0.2) is 48.7 Å². The molecule has 0 spiro atoms. The maximum absolute atomic E-state index is 12.3. The van der Waals surface area contributed by atoms with Gasteiger partial charge in [0.1, 0.15) is 5.69 Å². The topological polar surface area (TPSA) is 57.7 Å². The van der Waals surface area contributed by atoms with Crippen LogP contribution >= 0.6 is 0 Å². The van der Waals surface area contributed by atoms with E-state index >= 15 is 0 Å². The molecule has 1 atom stereocenters. The van der Waals surface area contributed by atoms with Gasteiger partial charge in [-0.15, -0.1) is 0 Å². The molecule has 28 heavy (non-hydrogen) atoms. The van der Waals surface area contributed by atoms with E-state index in [1.165, 1.54) is 5.56 Å². The minimum absolute atomic E-state index is 0.130. The zero-order chi connectivity index (χ0) is 19.2. The fourth-order valence-corrected chi connectivity index (χ4v) is 3.82. The average molecular weight is 380 g/mol. The number of hydrogen-bond donors (Lipinski definition) is 1. The highest BCUT2D eigenvalue weighted by atomic mass is 16.5. The second-order valence-corrected chi connectivity index (χ2v) is 7.50. The zero-order valence-corrected chi connectivity index (χ0v) is 16.2. The molecule has 2 fully saturated rings. The van der Waals surface area contributed by atoms with Crippen molar-refractivity contribution in [3.05, 3.63) is 59.9 Å². The molecule has 0 saturated carbocycles. The fraction of sp³-hybridized carbons (Fsp3) is 0.455. The Morgan fingerprint density at radius 2 is 1.93 bits per heavy atom. The number of aromatic nitrogens is 1. The van der Waals surface area contributed by atoms with Gasteiger partial charge in [-0.25, -0.2) is 4.98 Å². The number of amides is 1. The van der Waals surface area contributed by atoms with Crippen LogP contribution in [0.5, 0.6) is 0 Å². The predicted octanol–water partition coefficient (Wildman–Crippen LogP) is 2.31. The molecule has 2 aromatic rings. The van der Waals surface area contributed by atoms with Crippen molar-refractivity contribution in [1.82, 2.24) is 15.2 Å². The van der Waals surface area contributed by atoms with Crippen molar-refractivity contribution in [2.45, 2.75) is 25.5 Å². The predicted molar refractivity (Wildman–Crippen MR) is 109 cm³/mol. The van der Waals surface area contributed by atoms with E-state index < -0.39 is 0 Å². The summed E-state index contributed by atoms with van der Waals surface area (Å²) in [6.45, 7) is 6.35. The third-order valence-corrected chi connectivity index (χ3v) is 5.48. The minimum atomic E-state index is -0.130. The van der Waals surface area contributed by atoms with Crippen molar-refractivity contribution in [1.29, 1.82) is 0 Å². The number of pyridine rings is 1. The number of carbonyl (C=O) groups is 1. The monoisotopic (exact) mass is 380 g/mol. The highest BCUT2D eigenvalue weighted by Crippen LogP contribution is 2.17.